The van der Waals surface area contributed by atoms with Gasteiger partial charge >= 0.3 is 0 Å². The fourth-order valence-corrected chi connectivity index (χ4v) is 4.06. The second-order valence-corrected chi connectivity index (χ2v) is 7.11. The molecule has 1 fully saturated rings. The highest BCUT2D eigenvalue weighted by molar-refractivity contribution is 7.89. The second-order valence-electron chi connectivity index (χ2n) is 5.21. The lowest BCUT2D eigenvalue weighted by atomic mass is 9.94. The van der Waals surface area contributed by atoms with Crippen LogP contribution in [0.2, 0.25) is 0 Å². The number of primary amides is 1. The van der Waals surface area contributed by atoms with E-state index in [0.29, 0.717) is 12.8 Å². The highest BCUT2D eigenvalue weighted by atomic mass is 32.2. The van der Waals surface area contributed by atoms with Crippen LogP contribution in [0.3, 0.4) is 0 Å². The van der Waals surface area contributed by atoms with Gasteiger partial charge in [0.25, 0.3) is 0 Å². The van der Waals surface area contributed by atoms with Crippen LogP contribution in [0.15, 0.2) is 23.1 Å². The predicted molar refractivity (Wildman–Crippen MR) is 76.1 cm³/mol. The molecule has 1 aliphatic rings. The van der Waals surface area contributed by atoms with Gasteiger partial charge in [-0.1, -0.05) is 0 Å². The average molecular weight is 315 g/mol. The first-order valence-electron chi connectivity index (χ1n) is 6.64. The molecule has 1 aromatic carbocycles. The first-order chi connectivity index (χ1) is 9.80. The first kappa shape index (κ1) is 15.7. The van der Waals surface area contributed by atoms with Crippen molar-refractivity contribution in [2.75, 3.05) is 18.8 Å². The normalized spacial score (nSPS) is 17.8. The molecule has 0 saturated carbocycles. The number of sulfonamides is 1. The number of nitrogens with two attached hydrogens (primary N) is 2. The number of benzene rings is 1. The Morgan fingerprint density at radius 3 is 2.52 bits per heavy atom. The molecule has 1 heterocycles. The molecule has 1 aromatic rings. The van der Waals surface area contributed by atoms with Gasteiger partial charge < -0.3 is 11.5 Å². The lowest BCUT2D eigenvalue weighted by Gasteiger charge is -2.30. The molecule has 1 aliphatic heterocycles. The number of piperidine rings is 1. The Hall–Kier alpha value is -1.67. The Morgan fingerprint density at radius 1 is 1.33 bits per heavy atom. The highest BCUT2D eigenvalue weighted by Crippen LogP contribution is 2.27. The fraction of sp³-hybridized carbons (Fsp3) is 0.462. The Balaban J connectivity index is 2.15. The summed E-state index contributed by atoms with van der Waals surface area (Å²) in [5.41, 5.74) is 10.9. The number of nitrogen functional groups attached to an aromatic ring is 1. The molecule has 1 amide bonds. The lowest BCUT2D eigenvalue weighted by molar-refractivity contribution is -0.119. The molecular weight excluding hydrogens is 297 g/mol. The number of nitrogens with zero attached hydrogens (tertiary/aromatic N) is 1. The van der Waals surface area contributed by atoms with E-state index >= 15 is 0 Å². The van der Waals surface area contributed by atoms with Crippen molar-refractivity contribution < 1.29 is 17.6 Å². The van der Waals surface area contributed by atoms with E-state index in [9.17, 15) is 17.6 Å². The number of carbonyl (C=O) groups is 1. The summed E-state index contributed by atoms with van der Waals surface area (Å²) in [6.45, 7) is 0.489. The van der Waals surface area contributed by atoms with Crippen molar-refractivity contribution in [2.45, 2.75) is 24.2 Å². The topological polar surface area (TPSA) is 106 Å². The maximum Gasteiger partial charge on any atom is 0.246 e. The van der Waals surface area contributed by atoms with Crippen molar-refractivity contribution in [2.24, 2.45) is 11.7 Å². The van der Waals surface area contributed by atoms with Crippen LogP contribution in [-0.4, -0.2) is 31.7 Å². The first-order valence-corrected chi connectivity index (χ1v) is 8.08. The summed E-state index contributed by atoms with van der Waals surface area (Å²) in [5.74, 6) is -1.12. The Kier molecular flexibility index (Phi) is 4.48. The zero-order chi connectivity index (χ0) is 15.6. The Morgan fingerprint density at radius 2 is 1.95 bits per heavy atom. The van der Waals surface area contributed by atoms with Gasteiger partial charge in [0.15, 0.2) is 0 Å². The number of amides is 1. The summed E-state index contributed by atoms with van der Waals surface area (Å²) >= 11 is 0. The van der Waals surface area contributed by atoms with Crippen molar-refractivity contribution in [1.29, 1.82) is 0 Å². The quantitative estimate of drug-likeness (QED) is 0.797. The molecule has 0 spiro atoms. The van der Waals surface area contributed by atoms with Gasteiger partial charge in [-0.25, -0.2) is 12.8 Å². The third-order valence-corrected chi connectivity index (χ3v) is 5.55. The molecule has 6 nitrogen and oxygen atoms in total. The molecular formula is C13H18FN3O3S. The van der Waals surface area contributed by atoms with E-state index < -0.39 is 26.6 Å². The molecule has 0 atom stereocenters. The summed E-state index contributed by atoms with van der Waals surface area (Å²) in [5, 5.41) is 0. The van der Waals surface area contributed by atoms with Gasteiger partial charge in [-0.3, -0.25) is 4.79 Å². The molecule has 4 N–H and O–H groups in total. The number of rotatable bonds is 4. The molecule has 0 unspecified atom stereocenters. The molecule has 0 aliphatic carbocycles. The molecule has 21 heavy (non-hydrogen) atoms. The van der Waals surface area contributed by atoms with Gasteiger partial charge in [-0.15, -0.1) is 0 Å². The van der Waals surface area contributed by atoms with E-state index in [0.717, 1.165) is 12.1 Å². The number of anilines is 1. The van der Waals surface area contributed by atoms with E-state index in [1.54, 1.807) is 0 Å². The zero-order valence-electron chi connectivity index (χ0n) is 11.5. The summed E-state index contributed by atoms with van der Waals surface area (Å²) in [6.07, 6.45) is 1.32. The number of hydrogen-bond acceptors (Lipinski definition) is 4. The Labute approximate surface area is 123 Å². The summed E-state index contributed by atoms with van der Waals surface area (Å²) in [4.78, 5) is 10.5. The van der Waals surface area contributed by atoms with Crippen molar-refractivity contribution in [3.8, 4) is 0 Å². The van der Waals surface area contributed by atoms with Gasteiger partial charge in [-0.2, -0.15) is 4.31 Å². The minimum Gasteiger partial charge on any atom is -0.399 e. The second kappa shape index (κ2) is 5.98. The molecule has 0 radical (unpaired) electrons. The van der Waals surface area contributed by atoms with E-state index in [1.807, 2.05) is 0 Å². The number of carbonyl (C=O) groups excluding carboxylic acids is 1. The SMILES string of the molecule is NC(=O)CC1CCN(S(=O)(=O)c2cc(N)ccc2F)CC1. The smallest absolute Gasteiger partial charge is 0.246 e. The van der Waals surface area contributed by atoms with Crippen LogP contribution in [0.4, 0.5) is 10.1 Å². The van der Waals surface area contributed by atoms with Crippen LogP contribution in [0, 0.1) is 11.7 Å². The third kappa shape index (κ3) is 3.51. The van der Waals surface area contributed by atoms with Gasteiger partial charge in [-0.05, 0) is 37.0 Å². The van der Waals surface area contributed by atoms with Crippen LogP contribution >= 0.6 is 0 Å². The maximum atomic E-state index is 13.7. The lowest BCUT2D eigenvalue weighted by Crippen LogP contribution is -2.39. The van der Waals surface area contributed by atoms with E-state index in [1.165, 1.54) is 10.4 Å². The largest absolute Gasteiger partial charge is 0.399 e. The molecule has 1 saturated heterocycles. The predicted octanol–water partition coefficient (Wildman–Crippen LogP) is 0.684. The van der Waals surface area contributed by atoms with Gasteiger partial charge in [0, 0.05) is 25.2 Å². The zero-order valence-corrected chi connectivity index (χ0v) is 12.3. The van der Waals surface area contributed by atoms with Crippen molar-refractivity contribution in [3.05, 3.63) is 24.0 Å². The van der Waals surface area contributed by atoms with Gasteiger partial charge in [0.1, 0.15) is 10.7 Å². The van der Waals surface area contributed by atoms with Crippen LogP contribution in [0.25, 0.3) is 0 Å². The van der Waals surface area contributed by atoms with Crippen molar-refractivity contribution >= 4 is 21.6 Å². The molecule has 8 heteroatoms. The average Bonchev–Trinajstić information content (AvgIpc) is 2.41. The van der Waals surface area contributed by atoms with Gasteiger partial charge in [0.05, 0.1) is 0 Å². The maximum absolute atomic E-state index is 13.7. The fourth-order valence-electron chi connectivity index (χ4n) is 2.49. The van der Waals surface area contributed by atoms with Crippen LogP contribution in [-0.2, 0) is 14.8 Å². The van der Waals surface area contributed by atoms with Crippen LogP contribution < -0.4 is 11.5 Å². The van der Waals surface area contributed by atoms with Crippen LogP contribution in [0.1, 0.15) is 19.3 Å². The Bertz CT molecular complexity index is 640. The van der Waals surface area contributed by atoms with Crippen molar-refractivity contribution in [3.63, 3.8) is 0 Å². The standard InChI is InChI=1S/C13H18FN3O3S/c14-11-2-1-10(15)8-12(11)21(19,20)17-5-3-9(4-6-17)7-13(16)18/h1-2,8-9H,3-7,15H2,(H2,16,18). The van der Waals surface area contributed by atoms with E-state index in [2.05, 4.69) is 0 Å². The van der Waals surface area contributed by atoms with Crippen molar-refractivity contribution in [1.82, 2.24) is 4.31 Å². The van der Waals surface area contributed by atoms with E-state index in [4.69, 9.17) is 11.5 Å². The molecule has 116 valence electrons. The van der Waals surface area contributed by atoms with Gasteiger partial charge in [0.2, 0.25) is 15.9 Å². The summed E-state index contributed by atoms with van der Waals surface area (Å²) in [6, 6.07) is 3.48. The summed E-state index contributed by atoms with van der Waals surface area (Å²) < 4.78 is 39.8. The highest BCUT2D eigenvalue weighted by Gasteiger charge is 2.31. The van der Waals surface area contributed by atoms with Crippen LogP contribution in [0.5, 0.6) is 0 Å². The molecule has 2 rings (SSSR count). The number of hydrogen-bond donors (Lipinski definition) is 2. The monoisotopic (exact) mass is 315 g/mol. The number of halogens is 1. The molecule has 0 aromatic heterocycles. The minimum absolute atomic E-state index is 0.0830. The molecule has 0 bridgehead atoms. The minimum atomic E-state index is -3.90. The summed E-state index contributed by atoms with van der Waals surface area (Å²) in [7, 11) is -3.90. The van der Waals surface area contributed by atoms with E-state index in [-0.39, 0.29) is 31.1 Å². The third-order valence-electron chi connectivity index (χ3n) is 3.64.